The van der Waals surface area contributed by atoms with Crippen LogP contribution in [0.2, 0.25) is 0 Å². The number of nitrogens with zero attached hydrogens (tertiary/aromatic N) is 1. The highest BCUT2D eigenvalue weighted by Gasteiger charge is 2.13. The van der Waals surface area contributed by atoms with Gasteiger partial charge in [-0.2, -0.15) is 5.26 Å². The third kappa shape index (κ3) is 1.75. The summed E-state index contributed by atoms with van der Waals surface area (Å²) in [4.78, 5) is 11.4. The minimum atomic E-state index is -0.489. The molecule has 0 unspecified atom stereocenters. The van der Waals surface area contributed by atoms with Gasteiger partial charge in [-0.15, -0.1) is 0 Å². The molecule has 0 aliphatic carbocycles. The first kappa shape index (κ1) is 10.2. The summed E-state index contributed by atoms with van der Waals surface area (Å²) in [5, 5.41) is 9.49. The summed E-state index contributed by atoms with van der Waals surface area (Å²) in [5.41, 5.74) is 1.01. The van der Waals surface area contributed by atoms with Gasteiger partial charge in [0.25, 0.3) is 0 Å². The Morgan fingerprint density at radius 3 is 3.00 bits per heavy atom. The molecule has 0 bridgehead atoms. The lowest BCUT2D eigenvalue weighted by atomic mass is 10.2. The molecular weight excluding hydrogens is 206 g/mol. The van der Waals surface area contributed by atoms with E-state index in [1.165, 1.54) is 0 Å². The van der Waals surface area contributed by atoms with Gasteiger partial charge in [0.05, 0.1) is 18.2 Å². The van der Waals surface area contributed by atoms with Crippen molar-refractivity contribution in [2.75, 3.05) is 6.61 Å². The maximum absolute atomic E-state index is 11.4. The van der Waals surface area contributed by atoms with Crippen molar-refractivity contribution < 1.29 is 13.9 Å². The summed E-state index contributed by atoms with van der Waals surface area (Å²) in [7, 11) is 0. The molecule has 2 aromatic rings. The zero-order valence-corrected chi connectivity index (χ0v) is 8.69. The normalized spacial score (nSPS) is 10.0. The number of rotatable bonds is 2. The Hall–Kier alpha value is -2.28. The van der Waals surface area contributed by atoms with Crippen LogP contribution in [0.1, 0.15) is 23.0 Å². The number of nitriles is 1. The van der Waals surface area contributed by atoms with Crippen LogP contribution in [0.15, 0.2) is 28.7 Å². The highest BCUT2D eigenvalue weighted by atomic mass is 16.5. The van der Waals surface area contributed by atoms with Crippen molar-refractivity contribution in [2.24, 2.45) is 0 Å². The van der Waals surface area contributed by atoms with Crippen LogP contribution in [0.5, 0.6) is 0 Å². The van der Waals surface area contributed by atoms with Gasteiger partial charge in [-0.3, -0.25) is 0 Å². The van der Waals surface area contributed by atoms with Crippen molar-refractivity contribution in [3.8, 4) is 6.07 Å². The van der Waals surface area contributed by atoms with E-state index in [-0.39, 0.29) is 5.76 Å². The second-order valence-corrected chi connectivity index (χ2v) is 3.20. The number of furan rings is 1. The maximum Gasteiger partial charge on any atom is 0.374 e. The molecular formula is C12H9NO3. The summed E-state index contributed by atoms with van der Waals surface area (Å²) in [6.07, 6.45) is 0. The van der Waals surface area contributed by atoms with E-state index < -0.39 is 5.97 Å². The molecule has 0 atom stereocenters. The smallest absolute Gasteiger partial charge is 0.374 e. The van der Waals surface area contributed by atoms with E-state index in [1.54, 1.807) is 31.2 Å². The number of benzene rings is 1. The highest BCUT2D eigenvalue weighted by Crippen LogP contribution is 2.21. The zero-order valence-electron chi connectivity index (χ0n) is 8.69. The molecule has 1 heterocycles. The van der Waals surface area contributed by atoms with E-state index in [2.05, 4.69) is 0 Å². The van der Waals surface area contributed by atoms with Crippen molar-refractivity contribution >= 4 is 16.9 Å². The van der Waals surface area contributed by atoms with E-state index in [1.807, 2.05) is 6.07 Å². The van der Waals surface area contributed by atoms with Crippen molar-refractivity contribution in [1.29, 1.82) is 5.26 Å². The maximum atomic E-state index is 11.4. The molecule has 80 valence electrons. The zero-order chi connectivity index (χ0) is 11.5. The van der Waals surface area contributed by atoms with E-state index in [4.69, 9.17) is 14.4 Å². The van der Waals surface area contributed by atoms with E-state index >= 15 is 0 Å². The molecule has 2 rings (SSSR count). The molecule has 1 aromatic carbocycles. The standard InChI is InChI=1S/C12H9NO3/c1-2-15-12(14)11-6-9-4-3-8(7-13)5-10(9)16-11/h3-6H,2H2,1H3. The lowest BCUT2D eigenvalue weighted by Gasteiger charge is -1.95. The second-order valence-electron chi connectivity index (χ2n) is 3.20. The van der Waals surface area contributed by atoms with Crippen molar-refractivity contribution in [1.82, 2.24) is 0 Å². The van der Waals surface area contributed by atoms with Gasteiger partial charge >= 0.3 is 5.97 Å². The van der Waals surface area contributed by atoms with E-state index in [0.717, 1.165) is 5.39 Å². The van der Waals surface area contributed by atoms with Gasteiger partial charge in [0, 0.05) is 5.39 Å². The number of fused-ring (bicyclic) bond motifs is 1. The first-order valence-corrected chi connectivity index (χ1v) is 4.85. The van der Waals surface area contributed by atoms with Gasteiger partial charge in [0.1, 0.15) is 5.58 Å². The monoisotopic (exact) mass is 215 g/mol. The first-order valence-electron chi connectivity index (χ1n) is 4.85. The topological polar surface area (TPSA) is 63.2 Å². The largest absolute Gasteiger partial charge is 0.460 e. The van der Waals surface area contributed by atoms with Crippen LogP contribution in [-0.2, 0) is 4.74 Å². The second kappa shape index (κ2) is 4.07. The molecule has 4 heteroatoms. The third-order valence-corrected chi connectivity index (χ3v) is 2.13. The predicted molar refractivity (Wildman–Crippen MR) is 56.9 cm³/mol. The van der Waals surface area contributed by atoms with Gasteiger partial charge in [-0.1, -0.05) is 0 Å². The fourth-order valence-electron chi connectivity index (χ4n) is 1.40. The number of carbonyl (C=O) groups is 1. The van der Waals surface area contributed by atoms with Gasteiger partial charge in [0.2, 0.25) is 5.76 Å². The van der Waals surface area contributed by atoms with Gasteiger partial charge in [-0.05, 0) is 31.2 Å². The lowest BCUT2D eigenvalue weighted by Crippen LogP contribution is -2.02. The van der Waals surface area contributed by atoms with Crippen molar-refractivity contribution in [2.45, 2.75) is 6.92 Å². The molecule has 0 aliphatic heterocycles. The number of hydrogen-bond donors (Lipinski definition) is 0. The Kier molecular flexibility index (Phi) is 2.61. The molecule has 0 saturated carbocycles. The Labute approximate surface area is 92.0 Å². The highest BCUT2D eigenvalue weighted by molar-refractivity contribution is 5.92. The Balaban J connectivity index is 2.44. The fraction of sp³-hybridized carbons (Fsp3) is 0.167. The minimum Gasteiger partial charge on any atom is -0.460 e. The lowest BCUT2D eigenvalue weighted by molar-refractivity contribution is 0.0492. The molecule has 0 saturated heterocycles. The van der Waals surface area contributed by atoms with Crippen LogP contribution in [0.25, 0.3) is 11.0 Å². The molecule has 0 N–H and O–H groups in total. The Morgan fingerprint density at radius 2 is 2.31 bits per heavy atom. The average molecular weight is 215 g/mol. The number of esters is 1. The average Bonchev–Trinajstić information content (AvgIpc) is 2.71. The molecule has 0 amide bonds. The molecule has 4 nitrogen and oxygen atoms in total. The summed E-state index contributed by atoms with van der Waals surface area (Å²) in [6, 6.07) is 8.62. The molecule has 0 spiro atoms. The molecule has 0 fully saturated rings. The number of carbonyl (C=O) groups excluding carboxylic acids is 1. The summed E-state index contributed by atoms with van der Waals surface area (Å²) in [5.74, 6) is -0.329. The summed E-state index contributed by atoms with van der Waals surface area (Å²) in [6.45, 7) is 2.04. The van der Waals surface area contributed by atoms with Crippen LogP contribution >= 0.6 is 0 Å². The first-order chi connectivity index (χ1) is 7.74. The molecule has 0 aliphatic rings. The Bertz CT molecular complexity index is 577. The van der Waals surface area contributed by atoms with Gasteiger partial charge in [0.15, 0.2) is 0 Å². The van der Waals surface area contributed by atoms with Crippen LogP contribution in [0.4, 0.5) is 0 Å². The number of ether oxygens (including phenoxy) is 1. The van der Waals surface area contributed by atoms with E-state index in [9.17, 15) is 4.79 Å². The quantitative estimate of drug-likeness (QED) is 0.722. The van der Waals surface area contributed by atoms with Crippen LogP contribution in [0.3, 0.4) is 0 Å². The third-order valence-electron chi connectivity index (χ3n) is 2.13. The van der Waals surface area contributed by atoms with Crippen molar-refractivity contribution in [3.05, 3.63) is 35.6 Å². The predicted octanol–water partition coefficient (Wildman–Crippen LogP) is 2.48. The minimum absolute atomic E-state index is 0.159. The molecule has 0 radical (unpaired) electrons. The fourth-order valence-corrected chi connectivity index (χ4v) is 1.40. The molecule has 1 aromatic heterocycles. The van der Waals surface area contributed by atoms with Gasteiger partial charge in [-0.25, -0.2) is 4.79 Å². The Morgan fingerprint density at radius 1 is 1.50 bits per heavy atom. The van der Waals surface area contributed by atoms with Gasteiger partial charge < -0.3 is 9.15 Å². The summed E-state index contributed by atoms with van der Waals surface area (Å²) >= 11 is 0. The number of hydrogen-bond acceptors (Lipinski definition) is 4. The van der Waals surface area contributed by atoms with E-state index in [0.29, 0.717) is 17.8 Å². The SMILES string of the molecule is CCOC(=O)c1cc2ccc(C#N)cc2o1. The van der Waals surface area contributed by atoms with Crippen LogP contribution in [-0.4, -0.2) is 12.6 Å². The van der Waals surface area contributed by atoms with Crippen LogP contribution in [0, 0.1) is 11.3 Å². The van der Waals surface area contributed by atoms with Crippen LogP contribution < -0.4 is 0 Å². The molecule has 16 heavy (non-hydrogen) atoms. The van der Waals surface area contributed by atoms with Crippen molar-refractivity contribution in [3.63, 3.8) is 0 Å². The summed E-state index contributed by atoms with van der Waals surface area (Å²) < 4.78 is 10.1.